The van der Waals surface area contributed by atoms with Gasteiger partial charge in [-0.3, -0.25) is 0 Å². The lowest BCUT2D eigenvalue weighted by Gasteiger charge is -2.04. The highest BCUT2D eigenvalue weighted by Crippen LogP contribution is 2.18. The lowest BCUT2D eigenvalue weighted by molar-refractivity contribution is -0.132. The van der Waals surface area contributed by atoms with Crippen molar-refractivity contribution in [3.05, 3.63) is 41.0 Å². The third-order valence-electron chi connectivity index (χ3n) is 2.37. The summed E-state index contributed by atoms with van der Waals surface area (Å²) in [5.41, 5.74) is 3.36. The Morgan fingerprint density at radius 1 is 1.14 bits per heavy atom. The molecular weight excluding hydrogens is 176 g/mol. The molecule has 2 nitrogen and oxygen atoms in total. The van der Waals surface area contributed by atoms with Crippen molar-refractivity contribution >= 4 is 11.5 Å². The van der Waals surface area contributed by atoms with Gasteiger partial charge in [0.2, 0.25) is 0 Å². The summed E-state index contributed by atoms with van der Waals surface area (Å²) in [7, 11) is 0. The van der Waals surface area contributed by atoms with Crippen molar-refractivity contribution in [2.75, 3.05) is 0 Å². The van der Waals surface area contributed by atoms with Crippen LogP contribution in [-0.4, -0.2) is 11.1 Å². The van der Waals surface area contributed by atoms with E-state index in [-0.39, 0.29) is 0 Å². The first kappa shape index (κ1) is 10.5. The van der Waals surface area contributed by atoms with Gasteiger partial charge in [-0.2, -0.15) is 0 Å². The summed E-state index contributed by atoms with van der Waals surface area (Å²) in [5, 5.41) is 8.81. The van der Waals surface area contributed by atoms with Crippen LogP contribution in [0.5, 0.6) is 0 Å². The Kier molecular flexibility index (Phi) is 3.07. The summed E-state index contributed by atoms with van der Waals surface area (Å²) >= 11 is 0. The van der Waals surface area contributed by atoms with Crippen molar-refractivity contribution in [1.29, 1.82) is 0 Å². The van der Waals surface area contributed by atoms with Crippen LogP contribution in [0.4, 0.5) is 0 Å². The average molecular weight is 190 g/mol. The van der Waals surface area contributed by atoms with Gasteiger partial charge >= 0.3 is 5.97 Å². The number of allylic oxidation sites excluding steroid dienone is 1. The van der Waals surface area contributed by atoms with E-state index in [2.05, 4.69) is 0 Å². The normalized spacial score (nSPS) is 12.2. The maximum absolute atomic E-state index is 10.7. The Morgan fingerprint density at radius 3 is 2.07 bits per heavy atom. The number of hydrogen-bond acceptors (Lipinski definition) is 1. The quantitative estimate of drug-likeness (QED) is 0.728. The van der Waals surface area contributed by atoms with Gasteiger partial charge in [0.25, 0.3) is 0 Å². The van der Waals surface area contributed by atoms with E-state index in [0.717, 1.165) is 11.1 Å². The molecule has 0 aliphatic heterocycles. The van der Waals surface area contributed by atoms with Gasteiger partial charge in [0.15, 0.2) is 0 Å². The fraction of sp³-hybridized carbons (Fsp3) is 0.250. The topological polar surface area (TPSA) is 37.3 Å². The highest BCUT2D eigenvalue weighted by Gasteiger charge is 2.06. The van der Waals surface area contributed by atoms with Crippen molar-refractivity contribution in [3.63, 3.8) is 0 Å². The Hall–Kier alpha value is -1.57. The summed E-state index contributed by atoms with van der Waals surface area (Å²) < 4.78 is 0. The molecule has 74 valence electrons. The minimum atomic E-state index is -0.858. The Labute approximate surface area is 83.9 Å². The van der Waals surface area contributed by atoms with Crippen LogP contribution in [0, 0.1) is 6.92 Å². The van der Waals surface area contributed by atoms with Gasteiger partial charge in [0, 0.05) is 5.57 Å². The lowest BCUT2D eigenvalue weighted by atomic mass is 10.0. The summed E-state index contributed by atoms with van der Waals surface area (Å²) in [4.78, 5) is 10.7. The molecule has 0 amide bonds. The number of aryl methyl sites for hydroxylation is 1. The summed E-state index contributed by atoms with van der Waals surface area (Å²) in [6, 6.07) is 7.84. The maximum Gasteiger partial charge on any atom is 0.331 e. The number of carbonyl (C=O) groups is 1. The van der Waals surface area contributed by atoms with E-state index in [0.29, 0.717) is 5.57 Å². The molecule has 0 spiro atoms. The molecule has 0 aliphatic rings. The van der Waals surface area contributed by atoms with Crippen LogP contribution in [0.3, 0.4) is 0 Å². The number of carboxylic acid groups (broad SMARTS) is 1. The molecule has 0 aliphatic carbocycles. The fourth-order valence-electron chi connectivity index (χ4n) is 1.18. The molecule has 0 saturated heterocycles. The fourth-order valence-corrected chi connectivity index (χ4v) is 1.18. The second kappa shape index (κ2) is 4.09. The number of aliphatic carboxylic acids is 1. The molecule has 0 fully saturated rings. The molecule has 1 N–H and O–H groups in total. The molecule has 0 aromatic heterocycles. The van der Waals surface area contributed by atoms with Crippen molar-refractivity contribution in [2.45, 2.75) is 20.8 Å². The van der Waals surface area contributed by atoms with Gasteiger partial charge < -0.3 is 5.11 Å². The second-order valence-electron chi connectivity index (χ2n) is 3.42. The standard InChI is InChI=1S/C12H14O2/c1-8-4-6-11(7-5-8)9(2)10(3)12(13)14/h4-7H,1-3H3,(H,13,14)/b10-9-. The molecular formula is C12H14O2. The van der Waals surface area contributed by atoms with E-state index >= 15 is 0 Å². The van der Waals surface area contributed by atoms with E-state index in [9.17, 15) is 4.79 Å². The van der Waals surface area contributed by atoms with E-state index in [4.69, 9.17) is 5.11 Å². The van der Waals surface area contributed by atoms with Crippen LogP contribution in [0.25, 0.3) is 5.57 Å². The zero-order chi connectivity index (χ0) is 10.7. The number of hydrogen-bond donors (Lipinski definition) is 1. The molecule has 0 bridgehead atoms. The van der Waals surface area contributed by atoms with Gasteiger partial charge in [-0.05, 0) is 31.9 Å². The van der Waals surface area contributed by atoms with Crippen LogP contribution < -0.4 is 0 Å². The smallest absolute Gasteiger partial charge is 0.331 e. The third-order valence-corrected chi connectivity index (χ3v) is 2.37. The van der Waals surface area contributed by atoms with Crippen molar-refractivity contribution in [1.82, 2.24) is 0 Å². The predicted molar refractivity (Wildman–Crippen MR) is 57.1 cm³/mol. The van der Waals surface area contributed by atoms with Gasteiger partial charge in [0.05, 0.1) is 0 Å². The van der Waals surface area contributed by atoms with Gasteiger partial charge in [-0.25, -0.2) is 4.79 Å². The van der Waals surface area contributed by atoms with Crippen LogP contribution in [0.15, 0.2) is 29.8 Å². The lowest BCUT2D eigenvalue weighted by Crippen LogP contribution is -1.99. The molecule has 0 heterocycles. The third kappa shape index (κ3) is 2.22. The molecule has 14 heavy (non-hydrogen) atoms. The van der Waals surface area contributed by atoms with Gasteiger partial charge in [-0.15, -0.1) is 0 Å². The molecule has 2 heteroatoms. The van der Waals surface area contributed by atoms with E-state index in [1.54, 1.807) is 6.92 Å². The molecule has 0 saturated carbocycles. The minimum absolute atomic E-state index is 0.397. The number of carboxylic acids is 1. The molecule has 0 atom stereocenters. The first-order chi connectivity index (χ1) is 6.52. The molecule has 1 aromatic carbocycles. The monoisotopic (exact) mass is 190 g/mol. The van der Waals surface area contributed by atoms with Crippen LogP contribution in [0.1, 0.15) is 25.0 Å². The highest BCUT2D eigenvalue weighted by molar-refractivity contribution is 5.95. The first-order valence-corrected chi connectivity index (χ1v) is 4.50. The summed E-state index contributed by atoms with van der Waals surface area (Å²) in [6.07, 6.45) is 0. The summed E-state index contributed by atoms with van der Waals surface area (Å²) in [6.45, 7) is 5.46. The Balaban J connectivity index is 3.12. The molecule has 1 rings (SSSR count). The maximum atomic E-state index is 10.7. The van der Waals surface area contributed by atoms with Crippen molar-refractivity contribution < 1.29 is 9.90 Å². The number of rotatable bonds is 2. The van der Waals surface area contributed by atoms with Crippen LogP contribution in [0.2, 0.25) is 0 Å². The van der Waals surface area contributed by atoms with E-state index in [1.165, 1.54) is 5.56 Å². The minimum Gasteiger partial charge on any atom is -0.478 e. The Morgan fingerprint density at radius 2 is 1.64 bits per heavy atom. The van der Waals surface area contributed by atoms with Crippen LogP contribution >= 0.6 is 0 Å². The summed E-state index contributed by atoms with van der Waals surface area (Å²) in [5.74, 6) is -0.858. The zero-order valence-electron chi connectivity index (χ0n) is 8.66. The first-order valence-electron chi connectivity index (χ1n) is 4.50. The van der Waals surface area contributed by atoms with Crippen LogP contribution in [-0.2, 0) is 4.79 Å². The Bertz CT molecular complexity index is 372. The van der Waals surface area contributed by atoms with Crippen molar-refractivity contribution in [2.24, 2.45) is 0 Å². The molecule has 0 unspecified atom stereocenters. The predicted octanol–water partition coefficient (Wildman–Crippen LogP) is 2.87. The van der Waals surface area contributed by atoms with E-state index < -0.39 is 5.97 Å². The van der Waals surface area contributed by atoms with E-state index in [1.807, 2.05) is 38.1 Å². The average Bonchev–Trinajstić information content (AvgIpc) is 2.16. The molecule has 1 aromatic rings. The second-order valence-corrected chi connectivity index (χ2v) is 3.42. The van der Waals surface area contributed by atoms with Gasteiger partial charge in [-0.1, -0.05) is 29.8 Å². The van der Waals surface area contributed by atoms with Crippen molar-refractivity contribution in [3.8, 4) is 0 Å². The zero-order valence-corrected chi connectivity index (χ0v) is 8.66. The number of benzene rings is 1. The highest BCUT2D eigenvalue weighted by atomic mass is 16.4. The largest absolute Gasteiger partial charge is 0.478 e. The molecule has 0 radical (unpaired) electrons. The SMILES string of the molecule is C/C(C(=O)O)=C(\C)c1ccc(C)cc1. The van der Waals surface area contributed by atoms with Gasteiger partial charge in [0.1, 0.15) is 0 Å².